The third-order valence-corrected chi connectivity index (χ3v) is 8.92. The summed E-state index contributed by atoms with van der Waals surface area (Å²) in [7, 11) is -4.20. The lowest BCUT2D eigenvalue weighted by Crippen LogP contribution is -2.52. The summed E-state index contributed by atoms with van der Waals surface area (Å²) in [6.45, 7) is 5.69. The fourth-order valence-electron chi connectivity index (χ4n) is 4.02. The highest BCUT2D eigenvalue weighted by molar-refractivity contribution is 7.92. The second-order valence-corrected chi connectivity index (χ2v) is 12.7. The van der Waals surface area contributed by atoms with Crippen LogP contribution in [-0.2, 0) is 26.2 Å². The van der Waals surface area contributed by atoms with Gasteiger partial charge in [0.2, 0.25) is 11.8 Å². The Labute approximate surface area is 251 Å². The predicted molar refractivity (Wildman–Crippen MR) is 161 cm³/mol. The first-order valence-corrected chi connectivity index (χ1v) is 15.4. The summed E-state index contributed by atoms with van der Waals surface area (Å²) >= 11 is 18.4. The molecule has 3 aromatic rings. The molecule has 0 heterocycles. The van der Waals surface area contributed by atoms with Crippen LogP contribution in [0.1, 0.15) is 32.8 Å². The summed E-state index contributed by atoms with van der Waals surface area (Å²) < 4.78 is 28.6. The average molecular weight is 625 g/mol. The van der Waals surface area contributed by atoms with Gasteiger partial charge in [0.05, 0.1) is 20.6 Å². The zero-order valence-corrected chi connectivity index (χ0v) is 25.6. The third-order valence-electron chi connectivity index (χ3n) is 6.14. The van der Waals surface area contributed by atoms with Gasteiger partial charge in [0.15, 0.2) is 0 Å². The Bertz CT molecular complexity index is 1420. The molecule has 0 radical (unpaired) electrons. The molecule has 0 fully saturated rings. The summed E-state index contributed by atoms with van der Waals surface area (Å²) in [4.78, 5) is 28.7. The van der Waals surface area contributed by atoms with Crippen LogP contribution >= 0.6 is 34.8 Å². The van der Waals surface area contributed by atoms with Crippen LogP contribution in [0, 0.1) is 5.92 Å². The fourth-order valence-corrected chi connectivity index (χ4v) is 5.86. The number of nitrogens with one attached hydrogen (secondary N) is 1. The molecule has 11 heteroatoms. The maximum Gasteiger partial charge on any atom is 0.264 e. The predicted octanol–water partition coefficient (Wildman–Crippen LogP) is 6.42. The van der Waals surface area contributed by atoms with Gasteiger partial charge in [-0.05, 0) is 60.4 Å². The van der Waals surface area contributed by atoms with Gasteiger partial charge in [-0.15, -0.1) is 0 Å². The number of amides is 2. The molecule has 3 aromatic carbocycles. The van der Waals surface area contributed by atoms with Crippen LogP contribution in [0.3, 0.4) is 0 Å². The van der Waals surface area contributed by atoms with E-state index in [9.17, 15) is 18.0 Å². The molecular weight excluding hydrogens is 593 g/mol. The Hall–Kier alpha value is -2.78. The van der Waals surface area contributed by atoms with Crippen molar-refractivity contribution in [3.05, 3.63) is 93.4 Å². The van der Waals surface area contributed by atoms with Crippen molar-refractivity contribution in [2.24, 2.45) is 5.92 Å². The van der Waals surface area contributed by atoms with E-state index in [1.54, 1.807) is 49.4 Å². The van der Waals surface area contributed by atoms with E-state index in [2.05, 4.69) is 5.32 Å². The highest BCUT2D eigenvalue weighted by Gasteiger charge is 2.33. The monoisotopic (exact) mass is 623 g/mol. The molecule has 0 aliphatic carbocycles. The highest BCUT2D eigenvalue weighted by atomic mass is 35.5. The molecule has 0 saturated carbocycles. The quantitative estimate of drug-likeness (QED) is 0.252. The van der Waals surface area contributed by atoms with Gasteiger partial charge >= 0.3 is 0 Å². The molecule has 0 aliphatic heterocycles. The van der Waals surface area contributed by atoms with E-state index in [4.69, 9.17) is 34.8 Å². The molecule has 3 rings (SSSR count). The van der Waals surface area contributed by atoms with Gasteiger partial charge in [-0.3, -0.25) is 13.9 Å². The van der Waals surface area contributed by atoms with E-state index in [1.165, 1.54) is 35.2 Å². The summed E-state index contributed by atoms with van der Waals surface area (Å²) in [6.07, 6.45) is 0.321. The standard InChI is InChI=1S/C29H32Cl3N3O4S/c1-4-27(29(37)33-17-20(2)3)34(18-21-10-12-22(30)13-11-21)28(36)19-35(23-14-15-25(31)26(32)16-23)40(38,39)24-8-6-5-7-9-24/h5-16,20,27H,4,17-19H2,1-3H3,(H,33,37)/t27-/m0/s1. The van der Waals surface area contributed by atoms with Crippen LogP contribution in [0.25, 0.3) is 0 Å². The van der Waals surface area contributed by atoms with Crippen LogP contribution in [0.4, 0.5) is 5.69 Å². The topological polar surface area (TPSA) is 86.8 Å². The highest BCUT2D eigenvalue weighted by Crippen LogP contribution is 2.31. The molecule has 214 valence electrons. The molecule has 0 aromatic heterocycles. The molecule has 0 unspecified atom stereocenters. The van der Waals surface area contributed by atoms with Crippen molar-refractivity contribution < 1.29 is 18.0 Å². The third kappa shape index (κ3) is 8.13. The van der Waals surface area contributed by atoms with Gasteiger partial charge in [-0.25, -0.2) is 8.42 Å². The number of hydrogen-bond donors (Lipinski definition) is 1. The van der Waals surface area contributed by atoms with Gasteiger partial charge in [-0.2, -0.15) is 0 Å². The lowest BCUT2D eigenvalue weighted by molar-refractivity contribution is -0.140. The maximum atomic E-state index is 14.0. The number of benzene rings is 3. The van der Waals surface area contributed by atoms with Crippen LogP contribution < -0.4 is 9.62 Å². The number of anilines is 1. The summed E-state index contributed by atoms with van der Waals surface area (Å²) in [5.74, 6) is -0.666. The number of halogens is 3. The number of nitrogens with zero attached hydrogens (tertiary/aromatic N) is 2. The summed E-state index contributed by atoms with van der Waals surface area (Å²) in [6, 6.07) is 18.2. The molecule has 0 bridgehead atoms. The Kier molecular flexibility index (Phi) is 11.3. The van der Waals surface area contributed by atoms with Crippen molar-refractivity contribution >= 4 is 62.3 Å². The Morgan fingerprint density at radius 1 is 0.900 bits per heavy atom. The lowest BCUT2D eigenvalue weighted by atomic mass is 10.1. The molecule has 1 atom stereocenters. The van der Waals surface area contributed by atoms with Crippen molar-refractivity contribution in [3.63, 3.8) is 0 Å². The Balaban J connectivity index is 2.05. The number of sulfonamides is 1. The van der Waals surface area contributed by atoms with Crippen LogP contribution in [-0.4, -0.2) is 44.3 Å². The fraction of sp³-hybridized carbons (Fsp3) is 0.310. The largest absolute Gasteiger partial charge is 0.354 e. The number of rotatable bonds is 12. The molecule has 40 heavy (non-hydrogen) atoms. The second kappa shape index (κ2) is 14.2. The van der Waals surface area contributed by atoms with Crippen LogP contribution in [0.2, 0.25) is 15.1 Å². The van der Waals surface area contributed by atoms with Gasteiger partial charge in [0.25, 0.3) is 10.0 Å². The van der Waals surface area contributed by atoms with Gasteiger partial charge < -0.3 is 10.2 Å². The van der Waals surface area contributed by atoms with Crippen molar-refractivity contribution in [1.29, 1.82) is 0 Å². The summed E-state index contributed by atoms with van der Waals surface area (Å²) in [5.41, 5.74) is 0.898. The van der Waals surface area contributed by atoms with Crippen molar-refractivity contribution in [2.75, 3.05) is 17.4 Å². The molecule has 0 aliphatic rings. The first-order valence-electron chi connectivity index (χ1n) is 12.8. The first-order chi connectivity index (χ1) is 18.9. The normalized spacial score (nSPS) is 12.2. The molecule has 7 nitrogen and oxygen atoms in total. The maximum absolute atomic E-state index is 14.0. The van der Waals surface area contributed by atoms with Crippen LogP contribution in [0.15, 0.2) is 77.7 Å². The SMILES string of the molecule is CC[C@@H](C(=O)NCC(C)C)N(Cc1ccc(Cl)cc1)C(=O)CN(c1ccc(Cl)c(Cl)c1)S(=O)(=O)c1ccccc1. The van der Waals surface area contributed by atoms with Crippen molar-refractivity contribution in [2.45, 2.75) is 44.7 Å². The minimum Gasteiger partial charge on any atom is -0.354 e. The van der Waals surface area contributed by atoms with Crippen molar-refractivity contribution in [1.82, 2.24) is 10.2 Å². The minimum absolute atomic E-state index is 0.000147. The number of carbonyl (C=O) groups is 2. The first kappa shape index (κ1) is 31.7. The van der Waals surface area contributed by atoms with Gasteiger partial charge in [-0.1, -0.05) is 85.9 Å². The van der Waals surface area contributed by atoms with E-state index in [0.29, 0.717) is 18.0 Å². The second-order valence-electron chi connectivity index (χ2n) is 9.63. The zero-order chi connectivity index (χ0) is 29.4. The van der Waals surface area contributed by atoms with Gasteiger partial charge in [0, 0.05) is 18.1 Å². The molecule has 1 N–H and O–H groups in total. The van der Waals surface area contributed by atoms with Crippen LogP contribution in [0.5, 0.6) is 0 Å². The number of carbonyl (C=O) groups excluding carboxylic acids is 2. The van der Waals surface area contributed by atoms with E-state index in [0.717, 1.165) is 9.87 Å². The molecule has 0 saturated heterocycles. The van der Waals surface area contributed by atoms with Gasteiger partial charge in [0.1, 0.15) is 12.6 Å². The van der Waals surface area contributed by atoms with E-state index < -0.39 is 28.5 Å². The Morgan fingerprint density at radius 3 is 2.12 bits per heavy atom. The smallest absolute Gasteiger partial charge is 0.264 e. The minimum atomic E-state index is -4.20. The van der Waals surface area contributed by atoms with E-state index in [1.807, 2.05) is 13.8 Å². The lowest BCUT2D eigenvalue weighted by Gasteiger charge is -2.33. The zero-order valence-electron chi connectivity index (χ0n) is 22.5. The molecule has 2 amide bonds. The Morgan fingerprint density at radius 2 is 1.55 bits per heavy atom. The van der Waals surface area contributed by atoms with Crippen molar-refractivity contribution in [3.8, 4) is 0 Å². The van der Waals surface area contributed by atoms with E-state index in [-0.39, 0.29) is 39.0 Å². The summed E-state index contributed by atoms with van der Waals surface area (Å²) in [5, 5.41) is 3.81. The number of hydrogen-bond acceptors (Lipinski definition) is 4. The average Bonchev–Trinajstić information content (AvgIpc) is 2.93. The molecular formula is C29H32Cl3N3O4S. The van der Waals surface area contributed by atoms with E-state index >= 15 is 0 Å². The molecule has 0 spiro atoms.